The Kier molecular flexibility index (Phi) is 4.94. The highest BCUT2D eigenvalue weighted by Crippen LogP contribution is 2.28. The zero-order valence-corrected chi connectivity index (χ0v) is 13.0. The molecule has 2 rings (SSSR count). The summed E-state index contributed by atoms with van der Waals surface area (Å²) in [6, 6.07) is 11.5. The third kappa shape index (κ3) is 4.03. The Labute approximate surface area is 131 Å². The monoisotopic (exact) mass is 348 g/mol. The van der Waals surface area contributed by atoms with Gasteiger partial charge in [0.1, 0.15) is 18.2 Å². The van der Waals surface area contributed by atoms with E-state index in [1.54, 1.807) is 6.07 Å². The van der Waals surface area contributed by atoms with Crippen molar-refractivity contribution in [2.75, 3.05) is 0 Å². The van der Waals surface area contributed by atoms with E-state index in [1.807, 2.05) is 31.2 Å². The molecule has 1 atom stereocenters. The SMILES string of the molecule is C[C@@H](N)c1ccc(Br)cc1OCc1cc(F)cc(C#N)c1. The van der Waals surface area contributed by atoms with Crippen LogP contribution in [0, 0.1) is 17.1 Å². The number of rotatable bonds is 4. The lowest BCUT2D eigenvalue weighted by Crippen LogP contribution is -2.08. The van der Waals surface area contributed by atoms with Crippen molar-refractivity contribution in [3.8, 4) is 11.8 Å². The largest absolute Gasteiger partial charge is 0.489 e. The molecule has 0 heterocycles. The van der Waals surface area contributed by atoms with Crippen molar-refractivity contribution < 1.29 is 9.13 Å². The fraction of sp³-hybridized carbons (Fsp3) is 0.188. The standard InChI is InChI=1S/C16H14BrFN2O/c1-10(20)15-3-2-13(17)7-16(15)21-9-12-4-11(8-19)5-14(18)6-12/h2-7,10H,9,20H2,1H3/t10-/m1/s1. The third-order valence-corrected chi connectivity index (χ3v) is 3.44. The lowest BCUT2D eigenvalue weighted by molar-refractivity contribution is 0.300. The van der Waals surface area contributed by atoms with Crippen LogP contribution in [0.15, 0.2) is 40.9 Å². The Morgan fingerprint density at radius 1 is 1.33 bits per heavy atom. The topological polar surface area (TPSA) is 59.0 Å². The summed E-state index contributed by atoms with van der Waals surface area (Å²) in [5, 5.41) is 8.84. The van der Waals surface area contributed by atoms with E-state index < -0.39 is 5.82 Å². The molecule has 2 aromatic rings. The van der Waals surface area contributed by atoms with Gasteiger partial charge < -0.3 is 10.5 Å². The zero-order chi connectivity index (χ0) is 15.4. The summed E-state index contributed by atoms with van der Waals surface area (Å²) in [7, 11) is 0. The van der Waals surface area contributed by atoms with E-state index >= 15 is 0 Å². The Hall–Kier alpha value is -1.90. The molecule has 0 bridgehead atoms. The molecule has 0 aliphatic rings. The van der Waals surface area contributed by atoms with Crippen molar-refractivity contribution in [3.63, 3.8) is 0 Å². The number of benzene rings is 2. The fourth-order valence-electron chi connectivity index (χ4n) is 1.97. The molecule has 3 nitrogen and oxygen atoms in total. The molecule has 0 radical (unpaired) electrons. The highest BCUT2D eigenvalue weighted by Gasteiger charge is 2.09. The van der Waals surface area contributed by atoms with Crippen LogP contribution in [0.2, 0.25) is 0 Å². The molecule has 21 heavy (non-hydrogen) atoms. The fourth-order valence-corrected chi connectivity index (χ4v) is 2.31. The molecule has 0 fully saturated rings. The van der Waals surface area contributed by atoms with Gasteiger partial charge in [0, 0.05) is 16.1 Å². The smallest absolute Gasteiger partial charge is 0.125 e. The van der Waals surface area contributed by atoms with E-state index in [4.69, 9.17) is 15.7 Å². The van der Waals surface area contributed by atoms with E-state index in [2.05, 4.69) is 15.9 Å². The lowest BCUT2D eigenvalue weighted by atomic mass is 10.1. The Bertz CT molecular complexity index is 695. The van der Waals surface area contributed by atoms with E-state index in [-0.39, 0.29) is 18.2 Å². The molecule has 2 N–H and O–H groups in total. The van der Waals surface area contributed by atoms with Gasteiger partial charge in [0.05, 0.1) is 11.6 Å². The molecule has 5 heteroatoms. The number of ether oxygens (including phenoxy) is 1. The van der Waals surface area contributed by atoms with Gasteiger partial charge in [-0.05, 0) is 42.8 Å². The number of hydrogen-bond acceptors (Lipinski definition) is 3. The molecule has 0 aliphatic carbocycles. The third-order valence-electron chi connectivity index (χ3n) is 2.95. The quantitative estimate of drug-likeness (QED) is 0.906. The van der Waals surface area contributed by atoms with Crippen LogP contribution >= 0.6 is 15.9 Å². The first-order chi connectivity index (χ1) is 9.99. The minimum absolute atomic E-state index is 0.169. The minimum atomic E-state index is -0.450. The van der Waals surface area contributed by atoms with Crippen LogP contribution in [0.1, 0.15) is 29.7 Å². The van der Waals surface area contributed by atoms with Gasteiger partial charge in [-0.3, -0.25) is 0 Å². The van der Waals surface area contributed by atoms with Crippen LogP contribution in [0.4, 0.5) is 4.39 Å². The first kappa shape index (κ1) is 15.5. The molecule has 0 amide bonds. The molecule has 0 aromatic heterocycles. The lowest BCUT2D eigenvalue weighted by Gasteiger charge is -2.14. The number of hydrogen-bond donors (Lipinski definition) is 1. The number of nitrogens with zero attached hydrogens (tertiary/aromatic N) is 1. The van der Waals surface area contributed by atoms with Crippen molar-refractivity contribution in [3.05, 3.63) is 63.4 Å². The highest BCUT2D eigenvalue weighted by molar-refractivity contribution is 9.10. The molecule has 0 aliphatic heterocycles. The molecule has 0 unspecified atom stereocenters. The molecule has 0 spiro atoms. The van der Waals surface area contributed by atoms with Gasteiger partial charge in [-0.25, -0.2) is 4.39 Å². The molecule has 0 saturated carbocycles. The molecular weight excluding hydrogens is 335 g/mol. The first-order valence-corrected chi connectivity index (χ1v) is 7.16. The Morgan fingerprint density at radius 2 is 2.10 bits per heavy atom. The minimum Gasteiger partial charge on any atom is -0.489 e. The van der Waals surface area contributed by atoms with Gasteiger partial charge in [-0.15, -0.1) is 0 Å². The maximum Gasteiger partial charge on any atom is 0.125 e. The van der Waals surface area contributed by atoms with E-state index in [9.17, 15) is 4.39 Å². The highest BCUT2D eigenvalue weighted by atomic mass is 79.9. The zero-order valence-electron chi connectivity index (χ0n) is 11.4. The second-order valence-electron chi connectivity index (χ2n) is 4.72. The predicted octanol–water partition coefficient (Wildman–Crippen LogP) is 4.06. The van der Waals surface area contributed by atoms with Crippen LogP contribution in [-0.2, 0) is 6.61 Å². The van der Waals surface area contributed by atoms with Crippen molar-refractivity contribution in [1.29, 1.82) is 5.26 Å². The second-order valence-corrected chi connectivity index (χ2v) is 5.64. The van der Waals surface area contributed by atoms with Crippen molar-refractivity contribution in [1.82, 2.24) is 0 Å². The number of nitrogens with two attached hydrogens (primary N) is 1. The maximum absolute atomic E-state index is 13.4. The van der Waals surface area contributed by atoms with Crippen LogP contribution in [0.25, 0.3) is 0 Å². The van der Waals surface area contributed by atoms with E-state index in [1.165, 1.54) is 12.1 Å². The van der Waals surface area contributed by atoms with Gasteiger partial charge in [0.15, 0.2) is 0 Å². The molecule has 2 aromatic carbocycles. The summed E-state index contributed by atoms with van der Waals surface area (Å²) >= 11 is 3.38. The van der Waals surface area contributed by atoms with Crippen LogP contribution in [0.3, 0.4) is 0 Å². The second kappa shape index (κ2) is 6.70. The predicted molar refractivity (Wildman–Crippen MR) is 82.2 cm³/mol. The van der Waals surface area contributed by atoms with Gasteiger partial charge in [0.25, 0.3) is 0 Å². The van der Waals surface area contributed by atoms with Crippen molar-refractivity contribution >= 4 is 15.9 Å². The van der Waals surface area contributed by atoms with Crippen LogP contribution < -0.4 is 10.5 Å². The maximum atomic E-state index is 13.4. The first-order valence-electron chi connectivity index (χ1n) is 6.37. The molecular formula is C16H14BrFN2O. The number of halogens is 2. The van der Waals surface area contributed by atoms with Crippen LogP contribution in [0.5, 0.6) is 5.75 Å². The van der Waals surface area contributed by atoms with E-state index in [0.29, 0.717) is 11.3 Å². The van der Waals surface area contributed by atoms with E-state index in [0.717, 1.165) is 10.0 Å². The normalized spacial score (nSPS) is 11.8. The number of nitriles is 1. The van der Waals surface area contributed by atoms with Gasteiger partial charge in [-0.1, -0.05) is 22.0 Å². The van der Waals surface area contributed by atoms with Gasteiger partial charge >= 0.3 is 0 Å². The van der Waals surface area contributed by atoms with Crippen molar-refractivity contribution in [2.24, 2.45) is 5.73 Å². The molecule has 0 saturated heterocycles. The average Bonchev–Trinajstić information content (AvgIpc) is 2.44. The summed E-state index contributed by atoms with van der Waals surface area (Å²) in [6.45, 7) is 2.04. The summed E-state index contributed by atoms with van der Waals surface area (Å²) in [5.74, 6) is 0.191. The van der Waals surface area contributed by atoms with Gasteiger partial charge in [-0.2, -0.15) is 5.26 Å². The van der Waals surface area contributed by atoms with Crippen molar-refractivity contribution in [2.45, 2.75) is 19.6 Å². The average molecular weight is 349 g/mol. The summed E-state index contributed by atoms with van der Waals surface area (Å²) in [6.07, 6.45) is 0. The van der Waals surface area contributed by atoms with Gasteiger partial charge in [0.2, 0.25) is 0 Å². The summed E-state index contributed by atoms with van der Waals surface area (Å²) in [4.78, 5) is 0. The Morgan fingerprint density at radius 3 is 2.76 bits per heavy atom. The molecule has 108 valence electrons. The summed E-state index contributed by atoms with van der Waals surface area (Å²) < 4.78 is 20.0. The van der Waals surface area contributed by atoms with Crippen LogP contribution in [-0.4, -0.2) is 0 Å². The Balaban J connectivity index is 2.22. The summed E-state index contributed by atoms with van der Waals surface area (Å²) in [5.41, 5.74) is 7.65.